The van der Waals surface area contributed by atoms with Crippen LogP contribution in [0.3, 0.4) is 0 Å². The normalized spacial score (nSPS) is 11.8. The van der Waals surface area contributed by atoms with Gasteiger partial charge in [0.05, 0.1) is 5.69 Å². The van der Waals surface area contributed by atoms with Gasteiger partial charge in [-0.25, -0.2) is 4.98 Å². The third kappa shape index (κ3) is 3.37. The van der Waals surface area contributed by atoms with Crippen molar-refractivity contribution < 1.29 is 0 Å². The fourth-order valence-corrected chi connectivity index (χ4v) is 2.17. The van der Waals surface area contributed by atoms with Gasteiger partial charge in [0.15, 0.2) is 0 Å². The van der Waals surface area contributed by atoms with Crippen LogP contribution < -0.4 is 5.32 Å². The van der Waals surface area contributed by atoms with Gasteiger partial charge in [0, 0.05) is 35.1 Å². The Morgan fingerprint density at radius 3 is 2.63 bits per heavy atom. The molecule has 1 aromatic carbocycles. The molecule has 1 heterocycles. The van der Waals surface area contributed by atoms with Crippen molar-refractivity contribution in [1.29, 1.82) is 0 Å². The number of nitrogens with one attached hydrogen (secondary N) is 1. The Morgan fingerprint density at radius 2 is 2.05 bits per heavy atom. The molecular weight excluding hydrogens is 258 g/mol. The fraction of sp³-hybridized carbons (Fsp3) is 0.400. The van der Waals surface area contributed by atoms with E-state index in [-0.39, 0.29) is 5.54 Å². The van der Waals surface area contributed by atoms with Crippen molar-refractivity contribution in [2.75, 3.05) is 0 Å². The second-order valence-electron chi connectivity index (χ2n) is 5.69. The Hall–Kier alpha value is -1.32. The van der Waals surface area contributed by atoms with Gasteiger partial charge < -0.3 is 9.88 Å². The van der Waals surface area contributed by atoms with Gasteiger partial charge in [-0.15, -0.1) is 0 Å². The first-order valence-electron chi connectivity index (χ1n) is 6.41. The summed E-state index contributed by atoms with van der Waals surface area (Å²) >= 11 is 6.35. The summed E-state index contributed by atoms with van der Waals surface area (Å²) < 4.78 is 2.06. The number of benzene rings is 1. The van der Waals surface area contributed by atoms with Crippen LogP contribution in [0.4, 0.5) is 0 Å². The summed E-state index contributed by atoms with van der Waals surface area (Å²) in [6.45, 7) is 9.15. The molecule has 0 atom stereocenters. The third-order valence-electron chi connectivity index (χ3n) is 2.97. The highest BCUT2D eigenvalue weighted by Gasteiger charge is 2.14. The van der Waals surface area contributed by atoms with Crippen LogP contribution >= 0.6 is 11.6 Å². The Morgan fingerprint density at radius 1 is 1.32 bits per heavy atom. The Labute approximate surface area is 119 Å². The van der Waals surface area contributed by atoms with Gasteiger partial charge in [-0.3, -0.25) is 0 Å². The molecule has 2 rings (SSSR count). The zero-order valence-electron chi connectivity index (χ0n) is 11.9. The molecular formula is C15H20ClN3. The zero-order chi connectivity index (χ0) is 14.0. The average Bonchev–Trinajstić information content (AvgIpc) is 2.72. The van der Waals surface area contributed by atoms with E-state index in [0.29, 0.717) is 0 Å². The summed E-state index contributed by atoms with van der Waals surface area (Å²) in [5.74, 6) is 0.958. The van der Waals surface area contributed by atoms with Crippen molar-refractivity contribution in [3.05, 3.63) is 47.0 Å². The van der Waals surface area contributed by atoms with E-state index in [1.54, 1.807) is 6.20 Å². The van der Waals surface area contributed by atoms with Crippen LogP contribution in [-0.2, 0) is 6.54 Å². The van der Waals surface area contributed by atoms with Crippen molar-refractivity contribution in [2.45, 2.75) is 39.8 Å². The highest BCUT2D eigenvalue weighted by Crippen LogP contribution is 2.24. The SMILES string of the molecule is Cc1nccn1-c1cccc(Cl)c1CNC(C)(C)C. The maximum absolute atomic E-state index is 6.35. The van der Waals surface area contributed by atoms with Gasteiger partial charge >= 0.3 is 0 Å². The van der Waals surface area contributed by atoms with Crippen molar-refractivity contribution in [2.24, 2.45) is 0 Å². The summed E-state index contributed by atoms with van der Waals surface area (Å²) in [4.78, 5) is 4.27. The first kappa shape index (κ1) is 14.1. The number of hydrogen-bond donors (Lipinski definition) is 1. The minimum atomic E-state index is 0.0560. The molecule has 2 aromatic rings. The predicted octanol–water partition coefficient (Wildman–Crippen LogP) is 3.72. The van der Waals surface area contributed by atoms with Crippen molar-refractivity contribution in [3.63, 3.8) is 0 Å². The lowest BCUT2D eigenvalue weighted by Crippen LogP contribution is -2.35. The smallest absolute Gasteiger partial charge is 0.110 e. The summed E-state index contributed by atoms with van der Waals surface area (Å²) in [5.41, 5.74) is 2.24. The second kappa shape index (κ2) is 5.35. The van der Waals surface area contributed by atoms with Crippen molar-refractivity contribution >= 4 is 11.6 Å². The molecule has 0 unspecified atom stereocenters. The van der Waals surface area contributed by atoms with E-state index in [0.717, 1.165) is 28.6 Å². The molecule has 0 aliphatic heterocycles. The van der Waals surface area contributed by atoms with E-state index < -0.39 is 0 Å². The predicted molar refractivity (Wildman–Crippen MR) is 79.9 cm³/mol. The number of nitrogens with zero attached hydrogens (tertiary/aromatic N) is 2. The molecule has 0 bridgehead atoms. The lowest BCUT2D eigenvalue weighted by atomic mass is 10.1. The van der Waals surface area contributed by atoms with Gasteiger partial charge in [0.2, 0.25) is 0 Å². The molecule has 0 aliphatic rings. The quantitative estimate of drug-likeness (QED) is 0.927. The Bertz CT molecular complexity index is 567. The van der Waals surface area contributed by atoms with Crippen LogP contribution in [0.5, 0.6) is 0 Å². The first-order valence-corrected chi connectivity index (χ1v) is 6.79. The lowest BCUT2D eigenvalue weighted by Gasteiger charge is -2.22. The molecule has 1 aromatic heterocycles. The second-order valence-corrected chi connectivity index (χ2v) is 6.09. The van der Waals surface area contributed by atoms with E-state index in [1.807, 2.05) is 25.3 Å². The van der Waals surface area contributed by atoms with E-state index in [2.05, 4.69) is 41.7 Å². The number of halogens is 1. The number of aryl methyl sites for hydroxylation is 1. The van der Waals surface area contributed by atoms with Crippen molar-refractivity contribution in [3.8, 4) is 5.69 Å². The molecule has 3 nitrogen and oxygen atoms in total. The summed E-state index contributed by atoms with van der Waals surface area (Å²) in [6.07, 6.45) is 3.76. The monoisotopic (exact) mass is 277 g/mol. The molecule has 0 spiro atoms. The number of imidazole rings is 1. The third-order valence-corrected chi connectivity index (χ3v) is 3.33. The topological polar surface area (TPSA) is 29.9 Å². The molecule has 0 aliphatic carbocycles. The van der Waals surface area contributed by atoms with Crippen LogP contribution in [0.25, 0.3) is 5.69 Å². The van der Waals surface area contributed by atoms with E-state index in [9.17, 15) is 0 Å². The molecule has 102 valence electrons. The number of aromatic nitrogens is 2. The first-order chi connectivity index (χ1) is 8.88. The van der Waals surface area contributed by atoms with Gasteiger partial charge in [-0.1, -0.05) is 17.7 Å². The molecule has 4 heteroatoms. The molecule has 0 fully saturated rings. The van der Waals surface area contributed by atoms with Crippen molar-refractivity contribution in [1.82, 2.24) is 14.9 Å². The Kier molecular flexibility index (Phi) is 3.97. The molecule has 1 N–H and O–H groups in total. The highest BCUT2D eigenvalue weighted by atomic mass is 35.5. The number of hydrogen-bond acceptors (Lipinski definition) is 2. The molecule has 19 heavy (non-hydrogen) atoms. The van der Waals surface area contributed by atoms with Crippen LogP contribution in [0.2, 0.25) is 5.02 Å². The van der Waals surface area contributed by atoms with Gasteiger partial charge in [-0.05, 0) is 39.8 Å². The van der Waals surface area contributed by atoms with Crippen LogP contribution in [0.1, 0.15) is 32.2 Å². The van der Waals surface area contributed by atoms with Crippen LogP contribution in [-0.4, -0.2) is 15.1 Å². The Balaban J connectivity index is 2.40. The summed E-state index contributed by atoms with van der Waals surface area (Å²) in [7, 11) is 0. The number of rotatable bonds is 3. The van der Waals surface area contributed by atoms with E-state index in [4.69, 9.17) is 11.6 Å². The van der Waals surface area contributed by atoms with E-state index >= 15 is 0 Å². The van der Waals surface area contributed by atoms with Crippen LogP contribution in [0, 0.1) is 6.92 Å². The van der Waals surface area contributed by atoms with Crippen LogP contribution in [0.15, 0.2) is 30.6 Å². The van der Waals surface area contributed by atoms with Gasteiger partial charge in [0.1, 0.15) is 5.82 Å². The minimum Gasteiger partial charge on any atom is -0.308 e. The largest absolute Gasteiger partial charge is 0.308 e. The molecule has 0 amide bonds. The van der Waals surface area contributed by atoms with Gasteiger partial charge in [0.25, 0.3) is 0 Å². The zero-order valence-corrected chi connectivity index (χ0v) is 12.6. The maximum atomic E-state index is 6.35. The van der Waals surface area contributed by atoms with E-state index in [1.165, 1.54) is 0 Å². The highest BCUT2D eigenvalue weighted by molar-refractivity contribution is 6.31. The minimum absolute atomic E-state index is 0.0560. The molecule has 0 saturated heterocycles. The molecule has 0 saturated carbocycles. The fourth-order valence-electron chi connectivity index (χ4n) is 1.93. The summed E-state index contributed by atoms with van der Waals surface area (Å²) in [6, 6.07) is 5.97. The summed E-state index contributed by atoms with van der Waals surface area (Å²) in [5, 5.41) is 4.26. The average molecular weight is 278 g/mol. The molecule has 0 radical (unpaired) electrons. The maximum Gasteiger partial charge on any atom is 0.110 e. The van der Waals surface area contributed by atoms with Gasteiger partial charge in [-0.2, -0.15) is 0 Å². The lowest BCUT2D eigenvalue weighted by molar-refractivity contribution is 0.424. The standard InChI is InChI=1S/C15H20ClN3/c1-11-17-8-9-19(11)14-7-5-6-13(16)12(14)10-18-15(2,3)4/h5-9,18H,10H2,1-4H3.